The van der Waals surface area contributed by atoms with Crippen LogP contribution in [0.5, 0.6) is 0 Å². The Labute approximate surface area is 173 Å². The first kappa shape index (κ1) is 23.3. The normalized spacial score (nSPS) is 20.9. The van der Waals surface area contributed by atoms with Crippen LogP contribution in [-0.2, 0) is 26.0 Å². The third-order valence-electron chi connectivity index (χ3n) is 5.66. The molecule has 1 aromatic rings. The Hall–Kier alpha value is -1.93. The van der Waals surface area contributed by atoms with E-state index in [0.717, 1.165) is 31.2 Å². The average molecular weight is 424 g/mol. The van der Waals surface area contributed by atoms with Crippen molar-refractivity contribution in [2.45, 2.75) is 63.8 Å². The number of amides is 2. The molecule has 1 aliphatic carbocycles. The van der Waals surface area contributed by atoms with E-state index in [4.69, 9.17) is 5.14 Å². The van der Waals surface area contributed by atoms with Gasteiger partial charge in [-0.1, -0.05) is 45.7 Å². The Morgan fingerprint density at radius 3 is 2.31 bits per heavy atom. The first-order valence-corrected chi connectivity index (χ1v) is 11.8. The van der Waals surface area contributed by atoms with E-state index < -0.39 is 16.1 Å². The van der Waals surface area contributed by atoms with Crippen LogP contribution in [0.3, 0.4) is 0 Å². The fraction of sp³-hybridized carbons (Fsp3) is 0.619. The van der Waals surface area contributed by atoms with Gasteiger partial charge >= 0.3 is 0 Å². The van der Waals surface area contributed by atoms with E-state index in [1.54, 1.807) is 12.1 Å². The molecule has 0 aromatic heterocycles. The molecule has 0 spiro atoms. The van der Waals surface area contributed by atoms with Crippen molar-refractivity contribution >= 4 is 21.8 Å². The molecule has 162 valence electrons. The van der Waals surface area contributed by atoms with Gasteiger partial charge in [-0.2, -0.15) is 0 Å². The van der Waals surface area contributed by atoms with Crippen molar-refractivity contribution in [3.63, 3.8) is 0 Å². The van der Waals surface area contributed by atoms with Gasteiger partial charge in [0.05, 0.1) is 4.90 Å². The van der Waals surface area contributed by atoms with E-state index in [-0.39, 0.29) is 28.5 Å². The maximum atomic E-state index is 12.7. The van der Waals surface area contributed by atoms with Crippen molar-refractivity contribution in [2.24, 2.45) is 22.9 Å². The number of rotatable bonds is 8. The van der Waals surface area contributed by atoms with E-state index in [1.165, 1.54) is 12.1 Å². The molecule has 4 N–H and O–H groups in total. The van der Waals surface area contributed by atoms with E-state index in [2.05, 4.69) is 17.6 Å². The Morgan fingerprint density at radius 1 is 1.14 bits per heavy atom. The van der Waals surface area contributed by atoms with Crippen LogP contribution < -0.4 is 15.8 Å². The Morgan fingerprint density at radius 2 is 1.76 bits per heavy atom. The van der Waals surface area contributed by atoms with Crippen LogP contribution in [0.1, 0.15) is 52.0 Å². The number of primary sulfonamides is 1. The predicted molar refractivity (Wildman–Crippen MR) is 112 cm³/mol. The molecule has 1 aliphatic rings. The van der Waals surface area contributed by atoms with Gasteiger partial charge < -0.3 is 10.6 Å². The van der Waals surface area contributed by atoms with Crippen molar-refractivity contribution in [3.05, 3.63) is 29.8 Å². The van der Waals surface area contributed by atoms with Crippen molar-refractivity contribution in [3.8, 4) is 0 Å². The summed E-state index contributed by atoms with van der Waals surface area (Å²) in [5.41, 5.74) is 0.888. The number of carbonyl (C=O) groups is 2. The lowest BCUT2D eigenvalue weighted by Crippen LogP contribution is -2.52. The first-order valence-electron chi connectivity index (χ1n) is 10.3. The second-order valence-corrected chi connectivity index (χ2v) is 9.89. The Balaban J connectivity index is 1.88. The average Bonchev–Trinajstić information content (AvgIpc) is 2.65. The highest BCUT2D eigenvalue weighted by Gasteiger charge is 2.31. The molecule has 0 bridgehead atoms. The molecule has 0 radical (unpaired) electrons. The molecule has 0 aliphatic heterocycles. The van der Waals surface area contributed by atoms with Gasteiger partial charge in [0.15, 0.2) is 0 Å². The zero-order valence-corrected chi connectivity index (χ0v) is 18.3. The molecule has 8 heteroatoms. The number of nitrogens with one attached hydrogen (secondary N) is 2. The number of nitrogens with two attached hydrogens (primary N) is 1. The van der Waals surface area contributed by atoms with E-state index in [1.807, 2.05) is 13.8 Å². The number of carbonyl (C=O) groups excluding carboxylic acids is 2. The SMILES string of the molecule is CC(C)[C@H](NC(=O)[C@@H]1CCCC[C@H]1C)C(=O)NCCc1ccc(S(N)(=O)=O)cc1. The predicted octanol–water partition coefficient (Wildman–Crippen LogP) is 1.96. The summed E-state index contributed by atoms with van der Waals surface area (Å²) in [6, 6.07) is 5.70. The van der Waals surface area contributed by atoms with Gasteiger partial charge in [-0.05, 0) is 48.8 Å². The number of sulfonamides is 1. The molecule has 2 rings (SSSR count). The van der Waals surface area contributed by atoms with Crippen molar-refractivity contribution < 1.29 is 18.0 Å². The topological polar surface area (TPSA) is 118 Å². The van der Waals surface area contributed by atoms with Gasteiger partial charge in [-0.3, -0.25) is 9.59 Å². The number of hydrogen-bond donors (Lipinski definition) is 3. The number of hydrogen-bond acceptors (Lipinski definition) is 4. The van der Waals surface area contributed by atoms with Gasteiger partial charge in [0.2, 0.25) is 21.8 Å². The van der Waals surface area contributed by atoms with Crippen LogP contribution in [0.25, 0.3) is 0 Å². The fourth-order valence-corrected chi connectivity index (χ4v) is 4.30. The summed E-state index contributed by atoms with van der Waals surface area (Å²) in [6.45, 7) is 6.34. The third-order valence-corrected chi connectivity index (χ3v) is 6.59. The zero-order chi connectivity index (χ0) is 21.6. The largest absolute Gasteiger partial charge is 0.354 e. The van der Waals surface area contributed by atoms with Gasteiger partial charge in [-0.15, -0.1) is 0 Å². The molecule has 3 atom stereocenters. The molecule has 0 heterocycles. The molecule has 29 heavy (non-hydrogen) atoms. The molecule has 0 saturated heterocycles. The summed E-state index contributed by atoms with van der Waals surface area (Å²) >= 11 is 0. The van der Waals surface area contributed by atoms with Crippen LogP contribution in [0.4, 0.5) is 0 Å². The first-order chi connectivity index (χ1) is 13.6. The van der Waals surface area contributed by atoms with Gasteiger partial charge in [0.25, 0.3) is 0 Å². The lowest BCUT2D eigenvalue weighted by molar-refractivity contribution is -0.133. The highest BCUT2D eigenvalue weighted by Crippen LogP contribution is 2.29. The minimum atomic E-state index is -3.71. The Bertz CT molecular complexity index is 806. The Kier molecular flexibility index (Phi) is 8.22. The van der Waals surface area contributed by atoms with Gasteiger partial charge in [-0.25, -0.2) is 13.6 Å². The van der Waals surface area contributed by atoms with Gasteiger partial charge in [0.1, 0.15) is 6.04 Å². The highest BCUT2D eigenvalue weighted by atomic mass is 32.2. The maximum Gasteiger partial charge on any atom is 0.242 e. The minimum Gasteiger partial charge on any atom is -0.354 e. The summed E-state index contributed by atoms with van der Waals surface area (Å²) in [5, 5.41) is 10.9. The summed E-state index contributed by atoms with van der Waals surface area (Å²) in [5.74, 6) is 0.0876. The van der Waals surface area contributed by atoms with E-state index in [9.17, 15) is 18.0 Å². The maximum absolute atomic E-state index is 12.7. The fourth-order valence-electron chi connectivity index (χ4n) is 3.79. The zero-order valence-electron chi connectivity index (χ0n) is 17.5. The lowest BCUT2D eigenvalue weighted by Gasteiger charge is -2.30. The molecular weight excluding hydrogens is 390 g/mol. The van der Waals surface area contributed by atoms with Crippen molar-refractivity contribution in [2.75, 3.05) is 6.54 Å². The molecule has 2 amide bonds. The summed E-state index contributed by atoms with van der Waals surface area (Å²) in [6.07, 6.45) is 4.71. The lowest BCUT2D eigenvalue weighted by atomic mass is 9.79. The molecular formula is C21H33N3O4S. The van der Waals surface area contributed by atoms with Gasteiger partial charge in [0, 0.05) is 12.5 Å². The third kappa shape index (κ3) is 6.82. The monoisotopic (exact) mass is 423 g/mol. The van der Waals surface area contributed by atoms with Crippen LogP contribution in [0.2, 0.25) is 0 Å². The van der Waals surface area contributed by atoms with E-state index >= 15 is 0 Å². The molecule has 0 unspecified atom stereocenters. The number of benzene rings is 1. The second kappa shape index (κ2) is 10.2. The minimum absolute atomic E-state index is 0.0184. The summed E-state index contributed by atoms with van der Waals surface area (Å²) in [7, 11) is -3.71. The smallest absolute Gasteiger partial charge is 0.242 e. The van der Waals surface area contributed by atoms with Crippen LogP contribution in [-0.4, -0.2) is 32.8 Å². The summed E-state index contributed by atoms with van der Waals surface area (Å²) < 4.78 is 22.6. The molecule has 1 saturated carbocycles. The van der Waals surface area contributed by atoms with E-state index in [0.29, 0.717) is 18.9 Å². The second-order valence-electron chi connectivity index (χ2n) is 8.33. The van der Waals surface area contributed by atoms with Crippen LogP contribution in [0, 0.1) is 17.8 Å². The van der Waals surface area contributed by atoms with Crippen LogP contribution >= 0.6 is 0 Å². The van der Waals surface area contributed by atoms with Crippen LogP contribution in [0.15, 0.2) is 29.2 Å². The van der Waals surface area contributed by atoms with Crippen molar-refractivity contribution in [1.29, 1.82) is 0 Å². The summed E-state index contributed by atoms with van der Waals surface area (Å²) in [4.78, 5) is 25.4. The standard InChI is InChI=1S/C21H33N3O4S/c1-14(2)19(24-20(25)18-7-5-4-6-15(18)3)21(26)23-13-12-16-8-10-17(11-9-16)29(22,27)28/h8-11,14-15,18-19H,4-7,12-13H2,1-3H3,(H,23,26)(H,24,25)(H2,22,27,28)/t15-,18-,19+/m1/s1. The molecule has 7 nitrogen and oxygen atoms in total. The quantitative estimate of drug-likeness (QED) is 0.592. The highest BCUT2D eigenvalue weighted by molar-refractivity contribution is 7.89. The molecule has 1 aromatic carbocycles. The molecule has 1 fully saturated rings. The van der Waals surface area contributed by atoms with Crippen molar-refractivity contribution in [1.82, 2.24) is 10.6 Å².